The lowest BCUT2D eigenvalue weighted by atomic mass is 10.1. The Balaban J connectivity index is 1.82. The van der Waals surface area contributed by atoms with E-state index in [1.807, 2.05) is 91.0 Å². The predicted octanol–water partition coefficient (Wildman–Crippen LogP) is 4.54. The van der Waals surface area contributed by atoms with Crippen molar-refractivity contribution in [1.29, 1.82) is 0 Å². The van der Waals surface area contributed by atoms with Crippen LogP contribution in [0.1, 0.15) is 5.56 Å². The van der Waals surface area contributed by atoms with Gasteiger partial charge in [-0.25, -0.2) is 4.79 Å². The molecule has 0 amide bonds. The van der Waals surface area contributed by atoms with Crippen molar-refractivity contribution in [3.63, 3.8) is 0 Å². The predicted molar refractivity (Wildman–Crippen MR) is 133 cm³/mol. The van der Waals surface area contributed by atoms with Gasteiger partial charge in [-0.05, 0) is 54.1 Å². The minimum Gasteiger partial charge on any atom is -0.508 e. The van der Waals surface area contributed by atoms with Crippen LogP contribution in [0.4, 0.5) is 0 Å². The molecule has 5 heteroatoms. The number of hydrogen-bond acceptors (Lipinski definition) is 4. The molecule has 0 saturated carbocycles. The molecule has 0 radical (unpaired) electrons. The Kier molecular flexibility index (Phi) is 5.45. The topological polar surface area (TPSA) is 66.8 Å². The summed E-state index contributed by atoms with van der Waals surface area (Å²) in [7, 11) is -2.66. The second kappa shape index (κ2) is 8.57. The summed E-state index contributed by atoms with van der Waals surface area (Å²) in [5.41, 5.74) is 0.636. The minimum atomic E-state index is -2.66. The summed E-state index contributed by atoms with van der Waals surface area (Å²) in [6.07, 6.45) is 0. The molecule has 1 heterocycles. The van der Waals surface area contributed by atoms with Crippen LogP contribution in [0.5, 0.6) is 5.75 Å². The highest BCUT2D eigenvalue weighted by Crippen LogP contribution is 2.64. The zero-order valence-electron chi connectivity index (χ0n) is 17.7. The molecule has 4 nitrogen and oxygen atoms in total. The highest BCUT2D eigenvalue weighted by Gasteiger charge is 2.60. The summed E-state index contributed by atoms with van der Waals surface area (Å²) < 4.78 is 6.02. The van der Waals surface area contributed by atoms with Crippen molar-refractivity contribution < 1.29 is 19.7 Å². The second-order valence-electron chi connectivity index (χ2n) is 7.79. The van der Waals surface area contributed by atoms with Crippen molar-refractivity contribution in [2.24, 2.45) is 0 Å². The number of aliphatic hydroxyl groups excluding tert-OH is 1. The lowest BCUT2D eigenvalue weighted by molar-refractivity contribution is -0.135. The smallest absolute Gasteiger partial charge is 0.346 e. The van der Waals surface area contributed by atoms with Crippen LogP contribution in [0.3, 0.4) is 0 Å². The minimum absolute atomic E-state index is 0.0847. The van der Waals surface area contributed by atoms with Crippen LogP contribution in [0.2, 0.25) is 0 Å². The number of esters is 1. The van der Waals surface area contributed by atoms with Gasteiger partial charge in [0, 0.05) is 0 Å². The van der Waals surface area contributed by atoms with Crippen LogP contribution in [0.25, 0.3) is 5.57 Å². The first-order chi connectivity index (χ1) is 16.1. The van der Waals surface area contributed by atoms with Gasteiger partial charge in [-0.15, -0.1) is 0 Å². The SMILES string of the molecule is O=C1OC([P+](c2ccccc2)(c2ccccc2)c2ccccc2)C(O)=C1c1ccc(O)cc1. The van der Waals surface area contributed by atoms with Crippen LogP contribution < -0.4 is 15.9 Å². The standard InChI is InChI=1S/C28H21O4P/c29-21-18-16-20(17-19-21)25-26(30)28(32-27(25)31)33(22-10-4-1-5-11-22,23-12-6-2-7-13-23)24-14-8-3-9-15-24/h1-19,28H,(H-,29,30,31)/p+1. The largest absolute Gasteiger partial charge is 0.508 e. The fraction of sp³-hybridized carbons (Fsp3) is 0.0357. The first kappa shape index (κ1) is 21.0. The molecule has 0 bridgehead atoms. The van der Waals surface area contributed by atoms with Gasteiger partial charge in [0.25, 0.3) is 5.85 Å². The zero-order chi connectivity index (χ0) is 22.8. The lowest BCUT2D eigenvalue weighted by Gasteiger charge is -2.31. The van der Waals surface area contributed by atoms with E-state index in [1.165, 1.54) is 12.1 Å². The van der Waals surface area contributed by atoms with Crippen molar-refractivity contribution in [3.8, 4) is 5.75 Å². The van der Waals surface area contributed by atoms with Crippen LogP contribution in [-0.2, 0) is 9.53 Å². The molecule has 1 aliphatic heterocycles. The van der Waals surface area contributed by atoms with Gasteiger partial charge in [0.2, 0.25) is 0 Å². The Morgan fingerprint density at radius 2 is 1.03 bits per heavy atom. The van der Waals surface area contributed by atoms with E-state index in [9.17, 15) is 15.0 Å². The van der Waals surface area contributed by atoms with Crippen molar-refractivity contribution in [2.45, 2.75) is 5.85 Å². The third kappa shape index (κ3) is 3.49. The molecule has 0 aliphatic carbocycles. The van der Waals surface area contributed by atoms with E-state index >= 15 is 0 Å². The molecule has 33 heavy (non-hydrogen) atoms. The van der Waals surface area contributed by atoms with E-state index in [1.54, 1.807) is 12.1 Å². The van der Waals surface area contributed by atoms with Gasteiger partial charge in [-0.1, -0.05) is 66.7 Å². The van der Waals surface area contributed by atoms with E-state index in [-0.39, 0.29) is 17.1 Å². The third-order valence-corrected chi connectivity index (χ3v) is 10.3. The van der Waals surface area contributed by atoms with Gasteiger partial charge >= 0.3 is 5.97 Å². The molecule has 0 saturated heterocycles. The van der Waals surface area contributed by atoms with Crippen molar-refractivity contribution in [2.75, 3.05) is 0 Å². The van der Waals surface area contributed by atoms with Crippen molar-refractivity contribution in [3.05, 3.63) is 127 Å². The molecule has 1 unspecified atom stereocenters. The second-order valence-corrected chi connectivity index (χ2v) is 11.3. The Morgan fingerprint density at radius 3 is 1.45 bits per heavy atom. The maximum atomic E-state index is 13.1. The summed E-state index contributed by atoms with van der Waals surface area (Å²) in [6.45, 7) is 0. The van der Waals surface area contributed by atoms with Crippen LogP contribution >= 0.6 is 7.26 Å². The Hall–Kier alpha value is -3.88. The van der Waals surface area contributed by atoms with E-state index in [0.29, 0.717) is 5.56 Å². The normalized spacial score (nSPS) is 16.0. The number of aromatic hydroxyl groups is 1. The van der Waals surface area contributed by atoms with Crippen molar-refractivity contribution >= 4 is 34.7 Å². The van der Waals surface area contributed by atoms with Gasteiger partial charge < -0.3 is 14.9 Å². The van der Waals surface area contributed by atoms with Gasteiger partial charge in [0.1, 0.15) is 27.2 Å². The molecule has 0 spiro atoms. The van der Waals surface area contributed by atoms with Gasteiger partial charge in [-0.2, -0.15) is 0 Å². The fourth-order valence-corrected chi connectivity index (χ4v) is 8.83. The number of rotatable bonds is 5. The highest BCUT2D eigenvalue weighted by atomic mass is 31.2. The van der Waals surface area contributed by atoms with Gasteiger partial charge in [-0.3, -0.25) is 0 Å². The number of cyclic esters (lactones) is 1. The lowest BCUT2D eigenvalue weighted by Crippen LogP contribution is -2.40. The Labute approximate surface area is 192 Å². The fourth-order valence-electron chi connectivity index (χ4n) is 4.44. The summed E-state index contributed by atoms with van der Waals surface area (Å²) in [4.78, 5) is 13.1. The molecule has 1 aliphatic rings. The summed E-state index contributed by atoms with van der Waals surface area (Å²) in [5, 5.41) is 24.2. The summed E-state index contributed by atoms with van der Waals surface area (Å²) in [6, 6.07) is 36.1. The van der Waals surface area contributed by atoms with E-state index < -0.39 is 19.1 Å². The Morgan fingerprint density at radius 1 is 0.606 bits per heavy atom. The third-order valence-electron chi connectivity index (χ3n) is 5.91. The number of hydrogen-bond donors (Lipinski definition) is 2. The Bertz CT molecular complexity index is 1200. The summed E-state index contributed by atoms with van der Waals surface area (Å²) >= 11 is 0. The molecule has 0 aromatic heterocycles. The molecular weight excluding hydrogens is 431 g/mol. The number of carbonyl (C=O) groups is 1. The molecular formula is C28H22O4P+. The zero-order valence-corrected chi connectivity index (χ0v) is 18.6. The molecule has 5 rings (SSSR count). The van der Waals surface area contributed by atoms with Gasteiger partial charge in [0.15, 0.2) is 13.0 Å². The van der Waals surface area contributed by atoms with E-state index in [0.717, 1.165) is 15.9 Å². The van der Waals surface area contributed by atoms with E-state index in [4.69, 9.17) is 4.74 Å². The maximum Gasteiger partial charge on any atom is 0.346 e. The average molecular weight is 453 g/mol. The first-order valence-electron chi connectivity index (χ1n) is 10.6. The number of benzene rings is 4. The van der Waals surface area contributed by atoms with Crippen LogP contribution in [0, 0.1) is 0 Å². The van der Waals surface area contributed by atoms with Crippen molar-refractivity contribution in [1.82, 2.24) is 0 Å². The molecule has 162 valence electrons. The molecule has 0 fully saturated rings. The highest BCUT2D eigenvalue weighted by molar-refractivity contribution is 7.96. The molecule has 1 atom stereocenters. The van der Waals surface area contributed by atoms with E-state index in [2.05, 4.69) is 0 Å². The summed E-state index contributed by atoms with van der Waals surface area (Å²) in [5.74, 6) is -1.45. The van der Waals surface area contributed by atoms with Crippen LogP contribution in [-0.4, -0.2) is 22.0 Å². The number of ether oxygens (including phenoxy) is 1. The maximum absolute atomic E-state index is 13.1. The first-order valence-corrected chi connectivity index (χ1v) is 12.5. The number of phenols is 1. The molecule has 4 aromatic carbocycles. The van der Waals surface area contributed by atoms with Gasteiger partial charge in [0.05, 0.1) is 0 Å². The quantitative estimate of drug-likeness (QED) is 0.344. The van der Waals surface area contributed by atoms with Crippen LogP contribution in [0.15, 0.2) is 121 Å². The number of aliphatic hydroxyl groups is 1. The number of carbonyl (C=O) groups excluding carboxylic acids is 1. The average Bonchev–Trinajstić information content (AvgIpc) is 3.16. The number of phenolic OH excluding ortho intramolecular Hbond substituents is 1. The monoisotopic (exact) mass is 453 g/mol. The molecule has 4 aromatic rings. The molecule has 2 N–H and O–H groups in total.